The molecule has 3 atom stereocenters. The van der Waals surface area contributed by atoms with E-state index in [-0.39, 0.29) is 18.6 Å². The predicted molar refractivity (Wildman–Crippen MR) is 233 cm³/mol. The Labute approximate surface area is 349 Å². The SMILES string of the molecule is CCCCC/C=C\C=C\C(=O)CCCCCCCC(=O)O[C@H](COC(=O)CC/C=C\C/C=C\C/C=C\C/C=C\C/C=C\CCCCC)COP(=O)(O)OC[C@@H](O)CO. The zero-order valence-corrected chi connectivity index (χ0v) is 36.4. The second-order valence-corrected chi connectivity index (χ2v) is 15.5. The first-order valence-corrected chi connectivity index (χ1v) is 23.0. The van der Waals surface area contributed by atoms with Crippen molar-refractivity contribution >= 4 is 25.5 Å². The third-order valence-electron chi connectivity index (χ3n) is 8.51. The maximum absolute atomic E-state index is 12.6. The number of carbonyl (C=O) groups is 3. The Bertz CT molecular complexity index is 1300. The minimum atomic E-state index is -4.67. The van der Waals surface area contributed by atoms with E-state index >= 15 is 0 Å². The molecule has 330 valence electrons. The Morgan fingerprint density at radius 2 is 1.09 bits per heavy atom. The van der Waals surface area contributed by atoms with E-state index < -0.39 is 58.4 Å². The van der Waals surface area contributed by atoms with Crippen molar-refractivity contribution in [2.75, 3.05) is 26.4 Å². The van der Waals surface area contributed by atoms with Crippen molar-refractivity contribution in [3.05, 3.63) is 85.1 Å². The number of ketones is 1. The summed E-state index contributed by atoms with van der Waals surface area (Å²) in [4.78, 5) is 47.0. The molecule has 0 amide bonds. The van der Waals surface area contributed by atoms with Gasteiger partial charge in [0.1, 0.15) is 12.7 Å². The summed E-state index contributed by atoms with van der Waals surface area (Å²) < 4.78 is 32.5. The van der Waals surface area contributed by atoms with Crippen molar-refractivity contribution in [1.82, 2.24) is 0 Å². The summed E-state index contributed by atoms with van der Waals surface area (Å²) in [5.74, 6) is -1.03. The van der Waals surface area contributed by atoms with E-state index in [2.05, 4.69) is 73.1 Å². The Hall–Kier alpha value is -3.18. The van der Waals surface area contributed by atoms with Gasteiger partial charge in [0, 0.05) is 19.3 Å². The fourth-order valence-electron chi connectivity index (χ4n) is 5.13. The molecule has 0 bridgehead atoms. The summed E-state index contributed by atoms with van der Waals surface area (Å²) in [6, 6.07) is 0. The summed E-state index contributed by atoms with van der Waals surface area (Å²) in [6.07, 6.45) is 43.8. The van der Waals surface area contributed by atoms with Crippen LogP contribution in [0.1, 0.15) is 149 Å². The van der Waals surface area contributed by atoms with Crippen LogP contribution in [0.25, 0.3) is 0 Å². The molecule has 1 unspecified atom stereocenters. The highest BCUT2D eigenvalue weighted by Gasteiger charge is 2.27. The van der Waals surface area contributed by atoms with Crippen molar-refractivity contribution in [2.24, 2.45) is 0 Å². The summed E-state index contributed by atoms with van der Waals surface area (Å²) in [5, 5.41) is 18.3. The van der Waals surface area contributed by atoms with Gasteiger partial charge < -0.3 is 24.6 Å². The van der Waals surface area contributed by atoms with Crippen molar-refractivity contribution in [1.29, 1.82) is 0 Å². The highest BCUT2D eigenvalue weighted by molar-refractivity contribution is 7.47. The molecular weight excluding hydrogens is 759 g/mol. The van der Waals surface area contributed by atoms with Crippen molar-refractivity contribution in [3.63, 3.8) is 0 Å². The standard InChI is InChI=1S/C46H75O11P/c1-3-5-7-9-11-12-13-14-15-16-17-18-19-20-21-22-24-28-32-36-45(50)54-40-44(41-56-58(52,53)55-39-43(49)38-47)57-46(51)37-33-29-25-27-31-35-42(48)34-30-26-23-10-8-6-4-2/h11-12,14-15,17-18,20-21,23-24,26,28,30,34,43-44,47,49H,3-10,13,16,19,22,25,27,29,31-33,35-41H2,1-2H3,(H,52,53)/b12-11-,15-14-,18-17-,21-20-,26-23-,28-24-,34-30+/t43-,44+/m0/s1. The zero-order valence-electron chi connectivity index (χ0n) is 35.5. The van der Waals surface area contributed by atoms with Crippen molar-refractivity contribution < 1.29 is 52.6 Å². The van der Waals surface area contributed by atoms with Gasteiger partial charge in [0.2, 0.25) is 0 Å². The largest absolute Gasteiger partial charge is 0.472 e. The molecule has 0 saturated heterocycles. The zero-order chi connectivity index (χ0) is 42.8. The number of phosphoric acid groups is 1. The predicted octanol–water partition coefficient (Wildman–Crippen LogP) is 10.6. The number of hydrogen-bond acceptors (Lipinski definition) is 10. The van der Waals surface area contributed by atoms with Crippen LogP contribution in [0.4, 0.5) is 0 Å². The molecule has 0 aliphatic heterocycles. The third kappa shape index (κ3) is 39.6. The van der Waals surface area contributed by atoms with Gasteiger partial charge in [-0.15, -0.1) is 0 Å². The highest BCUT2D eigenvalue weighted by Crippen LogP contribution is 2.43. The van der Waals surface area contributed by atoms with Gasteiger partial charge >= 0.3 is 19.8 Å². The van der Waals surface area contributed by atoms with Crippen LogP contribution in [0.2, 0.25) is 0 Å². The molecule has 0 fully saturated rings. The Morgan fingerprint density at radius 3 is 1.67 bits per heavy atom. The van der Waals surface area contributed by atoms with Gasteiger partial charge in [-0.25, -0.2) is 4.57 Å². The minimum Gasteiger partial charge on any atom is -0.462 e. The molecule has 0 aliphatic carbocycles. The number of carbonyl (C=O) groups excluding carboxylic acids is 3. The quantitative estimate of drug-likeness (QED) is 0.0135. The van der Waals surface area contributed by atoms with Crippen LogP contribution in [-0.4, -0.2) is 71.5 Å². The van der Waals surface area contributed by atoms with Gasteiger partial charge in [-0.05, 0) is 76.7 Å². The number of esters is 2. The summed E-state index contributed by atoms with van der Waals surface area (Å²) in [7, 11) is -4.67. The molecule has 0 rings (SSSR count). The smallest absolute Gasteiger partial charge is 0.462 e. The minimum absolute atomic E-state index is 0.0803. The Balaban J connectivity index is 4.52. The number of ether oxygens (including phenoxy) is 2. The van der Waals surface area contributed by atoms with Crippen LogP contribution < -0.4 is 0 Å². The summed E-state index contributed by atoms with van der Waals surface area (Å²) in [6.45, 7) is 2.05. The average molecular weight is 835 g/mol. The van der Waals surface area contributed by atoms with Crippen LogP contribution in [0, 0.1) is 0 Å². The van der Waals surface area contributed by atoms with Crippen LogP contribution in [0.5, 0.6) is 0 Å². The van der Waals surface area contributed by atoms with Crippen LogP contribution >= 0.6 is 7.82 Å². The Kier molecular flexibility index (Phi) is 38.4. The molecule has 58 heavy (non-hydrogen) atoms. The number of allylic oxidation sites excluding steroid dienone is 14. The number of rotatable bonds is 39. The van der Waals surface area contributed by atoms with Crippen LogP contribution in [0.15, 0.2) is 85.1 Å². The lowest BCUT2D eigenvalue weighted by Crippen LogP contribution is -2.29. The van der Waals surface area contributed by atoms with Gasteiger partial charge in [0.15, 0.2) is 11.9 Å². The molecule has 0 heterocycles. The van der Waals surface area contributed by atoms with E-state index in [1.54, 1.807) is 12.2 Å². The van der Waals surface area contributed by atoms with E-state index in [1.165, 1.54) is 32.1 Å². The topological polar surface area (TPSA) is 166 Å². The van der Waals surface area contributed by atoms with Gasteiger partial charge in [-0.1, -0.05) is 138 Å². The second-order valence-electron chi connectivity index (χ2n) is 14.0. The molecular formula is C46H75O11P. The number of phosphoric ester groups is 1. The maximum Gasteiger partial charge on any atom is 0.472 e. The molecule has 12 heteroatoms. The lowest BCUT2D eigenvalue weighted by atomic mass is 10.1. The van der Waals surface area contributed by atoms with Gasteiger partial charge in [-0.3, -0.25) is 23.4 Å². The molecule has 0 aliphatic rings. The fourth-order valence-corrected chi connectivity index (χ4v) is 5.92. The molecule has 0 saturated carbocycles. The first kappa shape index (κ1) is 54.8. The third-order valence-corrected chi connectivity index (χ3v) is 9.46. The lowest BCUT2D eigenvalue weighted by molar-refractivity contribution is -0.161. The van der Waals surface area contributed by atoms with E-state index in [0.29, 0.717) is 19.3 Å². The molecule has 3 N–H and O–H groups in total. The average Bonchev–Trinajstić information content (AvgIpc) is 3.21. The second kappa shape index (κ2) is 40.6. The lowest BCUT2D eigenvalue weighted by Gasteiger charge is -2.20. The normalized spacial score (nSPS) is 14.6. The van der Waals surface area contributed by atoms with E-state index in [1.807, 2.05) is 18.2 Å². The van der Waals surface area contributed by atoms with Gasteiger partial charge in [-0.2, -0.15) is 0 Å². The molecule has 0 aromatic rings. The molecule has 0 spiro atoms. The summed E-state index contributed by atoms with van der Waals surface area (Å²) in [5.41, 5.74) is 0. The van der Waals surface area contributed by atoms with Crippen LogP contribution in [-0.2, 0) is 37.5 Å². The molecule has 0 radical (unpaired) electrons. The van der Waals surface area contributed by atoms with E-state index in [0.717, 1.165) is 70.6 Å². The first-order valence-electron chi connectivity index (χ1n) is 21.5. The van der Waals surface area contributed by atoms with Gasteiger partial charge in [0.05, 0.1) is 19.8 Å². The first-order chi connectivity index (χ1) is 28.1. The Morgan fingerprint density at radius 1 is 0.569 bits per heavy atom. The number of aliphatic hydroxyl groups excluding tert-OH is 2. The van der Waals surface area contributed by atoms with Gasteiger partial charge in [0.25, 0.3) is 0 Å². The number of hydrogen-bond donors (Lipinski definition) is 3. The molecule has 0 aromatic carbocycles. The summed E-state index contributed by atoms with van der Waals surface area (Å²) >= 11 is 0. The van der Waals surface area contributed by atoms with Crippen molar-refractivity contribution in [2.45, 2.75) is 161 Å². The monoisotopic (exact) mass is 835 g/mol. The molecule has 0 aromatic heterocycles. The highest BCUT2D eigenvalue weighted by atomic mass is 31.2. The number of aliphatic hydroxyl groups is 2. The molecule has 11 nitrogen and oxygen atoms in total. The fraction of sp³-hybridized carbons (Fsp3) is 0.630. The maximum atomic E-state index is 12.6. The van der Waals surface area contributed by atoms with Crippen molar-refractivity contribution in [3.8, 4) is 0 Å². The van der Waals surface area contributed by atoms with E-state index in [4.69, 9.17) is 19.1 Å². The van der Waals surface area contributed by atoms with E-state index in [9.17, 15) is 28.9 Å². The van der Waals surface area contributed by atoms with Crippen LogP contribution in [0.3, 0.4) is 0 Å². The number of unbranched alkanes of at least 4 members (excludes halogenated alkanes) is 10.